The van der Waals surface area contributed by atoms with Gasteiger partial charge in [-0.15, -0.1) is 0 Å². The minimum atomic E-state index is -1.23. The van der Waals surface area contributed by atoms with Crippen LogP contribution >= 0.6 is 11.6 Å². The van der Waals surface area contributed by atoms with Crippen LogP contribution in [0.4, 0.5) is 0 Å². The molecule has 22 heavy (non-hydrogen) atoms. The molecule has 2 atom stereocenters. The van der Waals surface area contributed by atoms with Crippen LogP contribution in [-0.4, -0.2) is 46.9 Å². The number of carbonyl (C=O) groups excluding carboxylic acids is 2. The van der Waals surface area contributed by atoms with Crippen LogP contribution in [0.3, 0.4) is 0 Å². The Balaban J connectivity index is 2.35. The van der Waals surface area contributed by atoms with Crippen LogP contribution in [-0.2, 0) is 23.9 Å². The van der Waals surface area contributed by atoms with Gasteiger partial charge in [0.15, 0.2) is 11.1 Å². The van der Waals surface area contributed by atoms with E-state index in [0.29, 0.717) is 0 Å². The average molecular weight is 328 g/mol. The summed E-state index contributed by atoms with van der Waals surface area (Å²) < 4.78 is 9.86. The maximum atomic E-state index is 12.2. The molecule has 0 saturated heterocycles. The molecular formula is C13H14ClN3O5. The van der Waals surface area contributed by atoms with Crippen molar-refractivity contribution in [1.29, 1.82) is 0 Å². The van der Waals surface area contributed by atoms with Crippen LogP contribution in [0.5, 0.6) is 0 Å². The van der Waals surface area contributed by atoms with E-state index in [1.54, 1.807) is 13.8 Å². The fourth-order valence-electron chi connectivity index (χ4n) is 1.93. The Morgan fingerprint density at radius 2 is 1.82 bits per heavy atom. The molecule has 0 N–H and O–H groups in total. The number of nitrogens with zero attached hydrogens (tertiary/aromatic N) is 3. The van der Waals surface area contributed by atoms with E-state index in [1.807, 2.05) is 0 Å². The molecule has 0 aromatic carbocycles. The topological polar surface area (TPSA) is 100.0 Å². The molecule has 0 saturated carbocycles. The van der Waals surface area contributed by atoms with E-state index >= 15 is 0 Å². The minimum absolute atomic E-state index is 0.0451. The van der Waals surface area contributed by atoms with Gasteiger partial charge in [0.05, 0.1) is 13.2 Å². The van der Waals surface area contributed by atoms with Crippen LogP contribution in [0.2, 0.25) is 5.15 Å². The molecule has 2 rings (SSSR count). The summed E-state index contributed by atoms with van der Waals surface area (Å²) >= 11 is 5.96. The van der Waals surface area contributed by atoms with Crippen molar-refractivity contribution in [2.24, 2.45) is 11.1 Å². The van der Waals surface area contributed by atoms with Gasteiger partial charge in [0.2, 0.25) is 6.10 Å². The highest BCUT2D eigenvalue weighted by molar-refractivity contribution is 6.33. The molecule has 2 heterocycles. The molecule has 118 valence electrons. The monoisotopic (exact) mass is 327 g/mol. The van der Waals surface area contributed by atoms with E-state index in [4.69, 9.17) is 25.9 Å². The van der Waals surface area contributed by atoms with E-state index in [0.717, 1.165) is 0 Å². The van der Waals surface area contributed by atoms with Gasteiger partial charge >= 0.3 is 11.9 Å². The lowest BCUT2D eigenvalue weighted by Crippen LogP contribution is -2.39. The summed E-state index contributed by atoms with van der Waals surface area (Å²) in [5.74, 6) is -2.48. The first-order valence-corrected chi connectivity index (χ1v) is 7.01. The van der Waals surface area contributed by atoms with Gasteiger partial charge in [-0.25, -0.2) is 14.8 Å². The van der Waals surface area contributed by atoms with E-state index in [2.05, 4.69) is 15.1 Å². The molecule has 2 unspecified atom stereocenters. The van der Waals surface area contributed by atoms with Crippen molar-refractivity contribution in [3.63, 3.8) is 0 Å². The van der Waals surface area contributed by atoms with Crippen LogP contribution in [0.25, 0.3) is 0 Å². The summed E-state index contributed by atoms with van der Waals surface area (Å²) in [6.07, 6.45) is 1.56. The number of aromatic nitrogens is 2. The van der Waals surface area contributed by atoms with E-state index in [9.17, 15) is 9.59 Å². The molecule has 1 aliphatic heterocycles. The van der Waals surface area contributed by atoms with Gasteiger partial charge < -0.3 is 14.3 Å². The molecule has 8 nitrogen and oxygen atoms in total. The highest BCUT2D eigenvalue weighted by Gasteiger charge is 2.48. The second kappa shape index (κ2) is 7.17. The van der Waals surface area contributed by atoms with Crippen molar-refractivity contribution in [3.05, 3.63) is 23.2 Å². The normalized spacial score (nSPS) is 20.0. The van der Waals surface area contributed by atoms with Gasteiger partial charge in [-0.3, -0.25) is 4.79 Å². The Bertz CT molecular complexity index is 607. The third-order valence-corrected chi connectivity index (χ3v) is 3.09. The van der Waals surface area contributed by atoms with Crippen LogP contribution in [0.15, 0.2) is 17.5 Å². The average Bonchev–Trinajstić information content (AvgIpc) is 2.93. The van der Waals surface area contributed by atoms with Crippen LogP contribution < -0.4 is 0 Å². The van der Waals surface area contributed by atoms with Crippen molar-refractivity contribution >= 4 is 29.3 Å². The lowest BCUT2D eigenvalue weighted by molar-refractivity contribution is -0.164. The minimum Gasteiger partial charge on any atom is -0.465 e. The molecule has 0 aliphatic carbocycles. The predicted octanol–water partition coefficient (Wildman–Crippen LogP) is 0.975. The SMILES string of the molecule is CCOC(=O)C1ON=C(c2nccnc2Cl)C1C(=O)OCC. The molecular weight excluding hydrogens is 314 g/mol. The molecule has 0 fully saturated rings. The summed E-state index contributed by atoms with van der Waals surface area (Å²) in [4.78, 5) is 37.1. The standard InChI is InChI=1S/C13H14ClN3O5/c1-3-20-12(18)7-8(9-11(14)16-6-5-15-9)17-22-10(7)13(19)21-4-2/h5-7,10H,3-4H2,1-2H3. The largest absolute Gasteiger partial charge is 0.465 e. The number of halogens is 1. The van der Waals surface area contributed by atoms with Crippen molar-refractivity contribution in [2.45, 2.75) is 20.0 Å². The first-order chi connectivity index (χ1) is 10.6. The Hall–Kier alpha value is -2.22. The molecule has 9 heteroatoms. The number of esters is 2. The molecule has 0 amide bonds. The third-order valence-electron chi connectivity index (χ3n) is 2.82. The number of carbonyl (C=O) groups is 2. The molecule has 0 bridgehead atoms. The van der Waals surface area contributed by atoms with Gasteiger partial charge in [0, 0.05) is 12.4 Å². The fourth-order valence-corrected chi connectivity index (χ4v) is 2.13. The predicted molar refractivity (Wildman–Crippen MR) is 75.2 cm³/mol. The zero-order chi connectivity index (χ0) is 16.1. The first-order valence-electron chi connectivity index (χ1n) is 6.64. The van der Waals surface area contributed by atoms with Gasteiger partial charge in [-0.2, -0.15) is 0 Å². The Kier molecular flexibility index (Phi) is 5.26. The smallest absolute Gasteiger partial charge is 0.351 e. The molecule has 1 aromatic rings. The zero-order valence-electron chi connectivity index (χ0n) is 12.0. The number of hydrogen-bond acceptors (Lipinski definition) is 8. The fraction of sp³-hybridized carbons (Fsp3) is 0.462. The molecule has 1 aromatic heterocycles. The van der Waals surface area contributed by atoms with E-state index in [-0.39, 0.29) is 29.8 Å². The highest BCUT2D eigenvalue weighted by Crippen LogP contribution is 2.27. The van der Waals surface area contributed by atoms with Crippen LogP contribution in [0, 0.1) is 5.92 Å². The van der Waals surface area contributed by atoms with E-state index < -0.39 is 24.0 Å². The van der Waals surface area contributed by atoms with E-state index in [1.165, 1.54) is 12.4 Å². The summed E-state index contributed by atoms with van der Waals surface area (Å²) in [6.45, 7) is 3.59. The number of oxime groups is 1. The molecule has 1 aliphatic rings. The van der Waals surface area contributed by atoms with Crippen LogP contribution in [0.1, 0.15) is 19.5 Å². The van der Waals surface area contributed by atoms with Gasteiger partial charge in [0.1, 0.15) is 11.4 Å². The number of ether oxygens (including phenoxy) is 2. The summed E-state index contributed by atoms with van der Waals surface area (Å²) in [7, 11) is 0. The third kappa shape index (κ3) is 3.16. The van der Waals surface area contributed by atoms with Crippen molar-refractivity contribution in [3.8, 4) is 0 Å². The summed E-state index contributed by atoms with van der Waals surface area (Å²) in [6, 6.07) is 0. The van der Waals surface area contributed by atoms with Gasteiger partial charge in [-0.1, -0.05) is 16.8 Å². The lowest BCUT2D eigenvalue weighted by Gasteiger charge is -2.16. The quantitative estimate of drug-likeness (QED) is 0.743. The maximum Gasteiger partial charge on any atom is 0.351 e. The Morgan fingerprint density at radius 1 is 1.18 bits per heavy atom. The zero-order valence-corrected chi connectivity index (χ0v) is 12.7. The first kappa shape index (κ1) is 16.2. The molecule has 0 spiro atoms. The molecule has 0 radical (unpaired) electrons. The number of rotatable bonds is 5. The second-order valence-electron chi connectivity index (χ2n) is 4.18. The van der Waals surface area contributed by atoms with Gasteiger partial charge in [0.25, 0.3) is 0 Å². The number of hydrogen-bond donors (Lipinski definition) is 0. The summed E-state index contributed by atoms with van der Waals surface area (Å²) in [5, 5.41) is 3.81. The summed E-state index contributed by atoms with van der Waals surface area (Å²) in [5.41, 5.74) is 0.253. The van der Waals surface area contributed by atoms with Crippen molar-refractivity contribution in [2.75, 3.05) is 13.2 Å². The highest BCUT2D eigenvalue weighted by atomic mass is 35.5. The van der Waals surface area contributed by atoms with Gasteiger partial charge in [-0.05, 0) is 13.8 Å². The lowest BCUT2D eigenvalue weighted by atomic mass is 9.95. The van der Waals surface area contributed by atoms with Crippen molar-refractivity contribution in [1.82, 2.24) is 9.97 Å². The maximum absolute atomic E-state index is 12.2. The van der Waals surface area contributed by atoms with Crippen molar-refractivity contribution < 1.29 is 23.9 Å². The Morgan fingerprint density at radius 3 is 2.45 bits per heavy atom. The Labute approximate surface area is 131 Å². The second-order valence-corrected chi connectivity index (χ2v) is 4.54.